The third-order valence-corrected chi connectivity index (χ3v) is 5.03. The third-order valence-electron chi connectivity index (χ3n) is 4.84. The van der Waals surface area contributed by atoms with Gasteiger partial charge < -0.3 is 4.57 Å². The number of hydrogen-bond acceptors (Lipinski definition) is 2. The number of pyridine rings is 1. The number of alkyl halides is 1. The van der Waals surface area contributed by atoms with Gasteiger partial charge in [-0.25, -0.2) is 9.97 Å². The molecule has 0 aromatic carbocycles. The number of imidazole rings is 1. The minimum absolute atomic E-state index is 0.0893. The molecule has 0 saturated heterocycles. The standard InChI is InChI=1S/C17H24ClN3/c1-11-7-10-19-16-14(11)20-15(12(2)18)21(16)13-5-8-17(3,4)9-6-13/h7,10,12-13H,5-6,8-9H2,1-4H3. The van der Waals surface area contributed by atoms with Crippen LogP contribution in [0.25, 0.3) is 11.2 Å². The maximum Gasteiger partial charge on any atom is 0.160 e. The van der Waals surface area contributed by atoms with E-state index in [1.54, 1.807) is 0 Å². The molecule has 1 aliphatic rings. The number of aromatic nitrogens is 3. The number of hydrogen-bond donors (Lipinski definition) is 0. The van der Waals surface area contributed by atoms with E-state index in [4.69, 9.17) is 16.6 Å². The average Bonchev–Trinajstić information content (AvgIpc) is 2.80. The van der Waals surface area contributed by atoms with E-state index in [-0.39, 0.29) is 5.38 Å². The Bertz CT molecular complexity index is 647. The molecule has 3 nitrogen and oxygen atoms in total. The number of aryl methyl sites for hydroxylation is 1. The number of rotatable bonds is 2. The Morgan fingerprint density at radius 2 is 2.00 bits per heavy atom. The lowest BCUT2D eigenvalue weighted by atomic mass is 9.75. The Balaban J connectivity index is 2.08. The Morgan fingerprint density at radius 3 is 2.62 bits per heavy atom. The van der Waals surface area contributed by atoms with Crippen molar-refractivity contribution in [2.24, 2.45) is 5.41 Å². The van der Waals surface area contributed by atoms with E-state index >= 15 is 0 Å². The molecule has 1 saturated carbocycles. The van der Waals surface area contributed by atoms with Crippen LogP contribution in [0.15, 0.2) is 12.3 Å². The van der Waals surface area contributed by atoms with Crippen molar-refractivity contribution < 1.29 is 0 Å². The molecule has 0 radical (unpaired) electrons. The van der Waals surface area contributed by atoms with Crippen LogP contribution >= 0.6 is 11.6 Å². The fraction of sp³-hybridized carbons (Fsp3) is 0.647. The summed E-state index contributed by atoms with van der Waals surface area (Å²) in [6, 6.07) is 2.50. The molecule has 0 aliphatic heterocycles. The molecular weight excluding hydrogens is 282 g/mol. The SMILES string of the molecule is Cc1ccnc2c1nc(C(C)Cl)n2C1CCC(C)(C)CC1. The summed E-state index contributed by atoms with van der Waals surface area (Å²) in [6.07, 6.45) is 6.75. The molecule has 2 heterocycles. The largest absolute Gasteiger partial charge is 0.308 e. The van der Waals surface area contributed by atoms with E-state index in [0.29, 0.717) is 11.5 Å². The van der Waals surface area contributed by atoms with Gasteiger partial charge in [0.05, 0.1) is 5.38 Å². The molecule has 0 N–H and O–H groups in total. The number of halogens is 1. The fourth-order valence-corrected chi connectivity index (χ4v) is 3.56. The lowest BCUT2D eigenvalue weighted by Crippen LogP contribution is -2.24. The van der Waals surface area contributed by atoms with Gasteiger partial charge in [0.2, 0.25) is 0 Å². The van der Waals surface area contributed by atoms with Crippen molar-refractivity contribution in [3.05, 3.63) is 23.7 Å². The summed E-state index contributed by atoms with van der Waals surface area (Å²) in [7, 11) is 0. The minimum atomic E-state index is -0.0893. The second kappa shape index (κ2) is 5.28. The maximum atomic E-state index is 6.40. The van der Waals surface area contributed by atoms with Gasteiger partial charge in [-0.2, -0.15) is 0 Å². The highest BCUT2D eigenvalue weighted by Crippen LogP contribution is 2.42. The van der Waals surface area contributed by atoms with Crippen molar-refractivity contribution >= 4 is 22.8 Å². The summed E-state index contributed by atoms with van der Waals surface area (Å²) < 4.78 is 2.31. The zero-order valence-corrected chi connectivity index (χ0v) is 14.1. The summed E-state index contributed by atoms with van der Waals surface area (Å²) in [5, 5.41) is -0.0893. The van der Waals surface area contributed by atoms with Gasteiger partial charge in [-0.15, -0.1) is 11.6 Å². The van der Waals surface area contributed by atoms with Crippen molar-refractivity contribution in [3.63, 3.8) is 0 Å². The molecule has 0 bridgehead atoms. The Hall–Kier alpha value is -1.09. The van der Waals surface area contributed by atoms with E-state index in [1.807, 2.05) is 19.2 Å². The van der Waals surface area contributed by atoms with Crippen LogP contribution in [0, 0.1) is 12.3 Å². The Kier molecular flexibility index (Phi) is 3.73. The lowest BCUT2D eigenvalue weighted by Gasteiger charge is -2.35. The van der Waals surface area contributed by atoms with Crippen molar-refractivity contribution in [1.82, 2.24) is 14.5 Å². The number of fused-ring (bicyclic) bond motifs is 1. The third kappa shape index (κ3) is 2.68. The van der Waals surface area contributed by atoms with Crippen LogP contribution in [0.1, 0.15) is 69.3 Å². The average molecular weight is 306 g/mol. The van der Waals surface area contributed by atoms with E-state index in [9.17, 15) is 0 Å². The molecule has 2 aromatic heterocycles. The minimum Gasteiger partial charge on any atom is -0.308 e. The highest BCUT2D eigenvalue weighted by molar-refractivity contribution is 6.20. The first-order valence-electron chi connectivity index (χ1n) is 7.86. The topological polar surface area (TPSA) is 30.7 Å². The monoisotopic (exact) mass is 305 g/mol. The highest BCUT2D eigenvalue weighted by Gasteiger charge is 2.31. The van der Waals surface area contributed by atoms with E-state index in [2.05, 4.69) is 30.3 Å². The van der Waals surface area contributed by atoms with Gasteiger partial charge >= 0.3 is 0 Å². The molecule has 1 unspecified atom stereocenters. The van der Waals surface area contributed by atoms with Gasteiger partial charge in [-0.3, -0.25) is 0 Å². The quantitative estimate of drug-likeness (QED) is 0.716. The number of nitrogens with zero attached hydrogens (tertiary/aromatic N) is 3. The highest BCUT2D eigenvalue weighted by atomic mass is 35.5. The summed E-state index contributed by atoms with van der Waals surface area (Å²) in [4.78, 5) is 9.39. The van der Waals surface area contributed by atoms with Gasteiger partial charge in [-0.05, 0) is 56.6 Å². The van der Waals surface area contributed by atoms with Crippen LogP contribution in [0.5, 0.6) is 0 Å². The first-order valence-corrected chi connectivity index (χ1v) is 8.30. The molecule has 2 aromatic rings. The fourth-order valence-electron chi connectivity index (χ4n) is 3.41. The molecule has 114 valence electrons. The van der Waals surface area contributed by atoms with Crippen LogP contribution in [0.2, 0.25) is 0 Å². The van der Waals surface area contributed by atoms with Crippen LogP contribution in [0.4, 0.5) is 0 Å². The van der Waals surface area contributed by atoms with Gasteiger partial charge in [0, 0.05) is 12.2 Å². The zero-order valence-electron chi connectivity index (χ0n) is 13.4. The zero-order chi connectivity index (χ0) is 15.2. The van der Waals surface area contributed by atoms with Gasteiger partial charge in [-0.1, -0.05) is 13.8 Å². The second-order valence-corrected chi connectivity index (χ2v) is 7.81. The van der Waals surface area contributed by atoms with Crippen LogP contribution < -0.4 is 0 Å². The van der Waals surface area contributed by atoms with Gasteiger partial charge in [0.1, 0.15) is 11.3 Å². The summed E-state index contributed by atoms with van der Waals surface area (Å²) in [6.45, 7) is 8.82. The smallest absolute Gasteiger partial charge is 0.160 e. The molecular formula is C17H24ClN3. The molecule has 21 heavy (non-hydrogen) atoms. The Morgan fingerprint density at radius 1 is 1.33 bits per heavy atom. The van der Waals surface area contributed by atoms with E-state index in [1.165, 1.54) is 31.2 Å². The molecule has 0 amide bonds. The van der Waals surface area contributed by atoms with Crippen LogP contribution in [0.3, 0.4) is 0 Å². The molecule has 0 spiro atoms. The maximum absolute atomic E-state index is 6.40. The van der Waals surface area contributed by atoms with Crippen LogP contribution in [-0.2, 0) is 0 Å². The Labute approximate surface area is 131 Å². The van der Waals surface area contributed by atoms with Gasteiger partial charge in [0.15, 0.2) is 5.65 Å². The van der Waals surface area contributed by atoms with E-state index < -0.39 is 0 Å². The van der Waals surface area contributed by atoms with Crippen molar-refractivity contribution in [2.45, 2.75) is 64.8 Å². The second-order valence-electron chi connectivity index (χ2n) is 7.15. The molecule has 1 atom stereocenters. The van der Waals surface area contributed by atoms with Crippen LogP contribution in [-0.4, -0.2) is 14.5 Å². The normalized spacial score (nSPS) is 20.8. The molecule has 3 rings (SSSR count). The first-order chi connectivity index (χ1) is 9.89. The first kappa shape index (κ1) is 14.8. The lowest BCUT2D eigenvalue weighted by molar-refractivity contribution is 0.193. The predicted octanol–water partition coefficient (Wildman–Crippen LogP) is 5.18. The van der Waals surface area contributed by atoms with Crippen molar-refractivity contribution in [3.8, 4) is 0 Å². The van der Waals surface area contributed by atoms with Crippen molar-refractivity contribution in [2.75, 3.05) is 0 Å². The van der Waals surface area contributed by atoms with Gasteiger partial charge in [0.25, 0.3) is 0 Å². The summed E-state index contributed by atoms with van der Waals surface area (Å²) in [5.41, 5.74) is 3.64. The predicted molar refractivity (Wildman–Crippen MR) is 87.8 cm³/mol. The summed E-state index contributed by atoms with van der Waals surface area (Å²) in [5.74, 6) is 0.971. The van der Waals surface area contributed by atoms with Crippen molar-refractivity contribution in [1.29, 1.82) is 0 Å². The van der Waals surface area contributed by atoms with E-state index in [0.717, 1.165) is 17.0 Å². The molecule has 4 heteroatoms. The molecule has 1 fully saturated rings. The summed E-state index contributed by atoms with van der Waals surface area (Å²) >= 11 is 6.40. The molecule has 1 aliphatic carbocycles.